The van der Waals surface area contributed by atoms with Crippen molar-refractivity contribution >= 4 is 29.1 Å². The number of benzene rings is 1. The van der Waals surface area contributed by atoms with Gasteiger partial charge in [-0.15, -0.1) is 0 Å². The quantitative estimate of drug-likeness (QED) is 0.864. The second-order valence-electron chi connectivity index (χ2n) is 6.83. The molecule has 23 heavy (non-hydrogen) atoms. The third-order valence-corrected chi connectivity index (χ3v) is 6.05. The number of hydrogen-bond acceptors (Lipinski definition) is 2. The minimum atomic E-state index is 0.122. The third-order valence-electron chi connectivity index (χ3n) is 5.31. The van der Waals surface area contributed by atoms with Crippen LogP contribution in [0.1, 0.15) is 56.6 Å². The van der Waals surface area contributed by atoms with Gasteiger partial charge in [-0.2, -0.15) is 0 Å². The van der Waals surface area contributed by atoms with Crippen molar-refractivity contribution in [1.29, 1.82) is 0 Å². The van der Waals surface area contributed by atoms with Crippen LogP contribution in [-0.2, 0) is 4.79 Å². The summed E-state index contributed by atoms with van der Waals surface area (Å²) in [5, 5.41) is 1.11. The number of nitrogens with two attached hydrogens (primary N) is 1. The molecule has 0 aromatic heterocycles. The zero-order valence-corrected chi connectivity index (χ0v) is 14.8. The average Bonchev–Trinajstić information content (AvgIpc) is 3.02. The lowest BCUT2D eigenvalue weighted by molar-refractivity contribution is -0.133. The molecule has 126 valence electrons. The summed E-state index contributed by atoms with van der Waals surface area (Å²) >= 11 is 12.1. The Labute approximate surface area is 148 Å². The molecule has 1 saturated carbocycles. The summed E-state index contributed by atoms with van der Waals surface area (Å²) in [5.41, 5.74) is 7.29. The Balaban J connectivity index is 1.70. The highest BCUT2D eigenvalue weighted by atomic mass is 35.5. The maximum Gasteiger partial charge on any atom is 0.223 e. The number of amides is 1. The Morgan fingerprint density at radius 2 is 1.91 bits per heavy atom. The van der Waals surface area contributed by atoms with Crippen LogP contribution in [0.4, 0.5) is 0 Å². The van der Waals surface area contributed by atoms with Crippen molar-refractivity contribution in [2.75, 3.05) is 6.54 Å². The van der Waals surface area contributed by atoms with Crippen molar-refractivity contribution in [2.45, 2.75) is 57.0 Å². The molecule has 1 aromatic carbocycles. The number of carbonyl (C=O) groups excluding carboxylic acids is 1. The highest BCUT2D eigenvalue weighted by molar-refractivity contribution is 6.42. The smallest absolute Gasteiger partial charge is 0.223 e. The van der Waals surface area contributed by atoms with Crippen molar-refractivity contribution in [3.05, 3.63) is 33.8 Å². The predicted octanol–water partition coefficient (Wildman–Crippen LogP) is 4.56. The van der Waals surface area contributed by atoms with Gasteiger partial charge in [0, 0.05) is 19.0 Å². The first-order chi connectivity index (χ1) is 11.1. The highest BCUT2D eigenvalue weighted by Crippen LogP contribution is 2.36. The molecule has 1 amide bonds. The maximum absolute atomic E-state index is 12.8. The summed E-state index contributed by atoms with van der Waals surface area (Å²) in [5.74, 6) is 0.576. The first kappa shape index (κ1) is 17.1. The van der Waals surface area contributed by atoms with Gasteiger partial charge < -0.3 is 10.6 Å². The molecule has 3 rings (SSSR count). The van der Waals surface area contributed by atoms with E-state index in [0.717, 1.165) is 37.8 Å². The summed E-state index contributed by atoms with van der Waals surface area (Å²) in [6, 6.07) is 6.00. The zero-order valence-electron chi connectivity index (χ0n) is 13.3. The lowest BCUT2D eigenvalue weighted by Gasteiger charge is -2.31. The van der Waals surface area contributed by atoms with Crippen LogP contribution in [0, 0.1) is 5.92 Å². The molecule has 0 radical (unpaired) electrons. The fourth-order valence-corrected chi connectivity index (χ4v) is 4.27. The molecule has 5 heteroatoms. The van der Waals surface area contributed by atoms with Gasteiger partial charge in [0.05, 0.1) is 16.1 Å². The van der Waals surface area contributed by atoms with Crippen LogP contribution >= 0.6 is 23.2 Å². The van der Waals surface area contributed by atoms with E-state index in [9.17, 15) is 4.79 Å². The van der Waals surface area contributed by atoms with Crippen LogP contribution in [0.2, 0.25) is 10.0 Å². The van der Waals surface area contributed by atoms with Gasteiger partial charge in [0.2, 0.25) is 5.91 Å². The maximum atomic E-state index is 12.8. The largest absolute Gasteiger partial charge is 0.336 e. The fourth-order valence-electron chi connectivity index (χ4n) is 3.96. The van der Waals surface area contributed by atoms with Crippen LogP contribution in [0.5, 0.6) is 0 Å². The average molecular weight is 355 g/mol. The first-order valence-electron chi connectivity index (χ1n) is 8.56. The summed E-state index contributed by atoms with van der Waals surface area (Å²) < 4.78 is 0. The molecule has 3 unspecified atom stereocenters. The summed E-state index contributed by atoms with van der Waals surface area (Å²) in [7, 11) is 0. The molecule has 1 aliphatic carbocycles. The molecular weight excluding hydrogens is 331 g/mol. The fraction of sp³-hybridized carbons (Fsp3) is 0.611. The minimum absolute atomic E-state index is 0.122. The lowest BCUT2D eigenvalue weighted by Crippen LogP contribution is -2.38. The van der Waals surface area contributed by atoms with E-state index >= 15 is 0 Å². The van der Waals surface area contributed by atoms with Crippen molar-refractivity contribution in [3.63, 3.8) is 0 Å². The van der Waals surface area contributed by atoms with E-state index < -0.39 is 0 Å². The van der Waals surface area contributed by atoms with Crippen LogP contribution in [0.3, 0.4) is 0 Å². The van der Waals surface area contributed by atoms with Gasteiger partial charge in [0.1, 0.15) is 0 Å². The van der Waals surface area contributed by atoms with E-state index in [1.165, 1.54) is 12.8 Å². The van der Waals surface area contributed by atoms with Gasteiger partial charge in [-0.25, -0.2) is 0 Å². The molecule has 1 heterocycles. The highest BCUT2D eigenvalue weighted by Gasteiger charge is 2.33. The Morgan fingerprint density at radius 1 is 1.13 bits per heavy atom. The molecule has 0 bridgehead atoms. The Bertz CT molecular complexity index is 578. The van der Waals surface area contributed by atoms with E-state index in [4.69, 9.17) is 28.9 Å². The monoisotopic (exact) mass is 354 g/mol. The second kappa shape index (κ2) is 7.42. The molecule has 1 aliphatic heterocycles. The standard InChI is InChI=1S/C18H24Cl2N2O/c19-14-8-7-13(10-15(14)20)17-6-3-9-22(17)18(23)11-12-4-1-2-5-16(12)21/h7-8,10,12,16-17H,1-6,9,11,21H2. The van der Waals surface area contributed by atoms with Crippen LogP contribution in [-0.4, -0.2) is 23.4 Å². The summed E-state index contributed by atoms with van der Waals surface area (Å²) in [6.07, 6.45) is 7.13. The molecule has 3 atom stereocenters. The Morgan fingerprint density at radius 3 is 2.65 bits per heavy atom. The zero-order chi connectivity index (χ0) is 16.4. The topological polar surface area (TPSA) is 46.3 Å². The third kappa shape index (κ3) is 3.84. The summed E-state index contributed by atoms with van der Waals surface area (Å²) in [4.78, 5) is 14.8. The second-order valence-corrected chi connectivity index (χ2v) is 7.65. The Hall–Kier alpha value is -0.770. The number of hydrogen-bond donors (Lipinski definition) is 1. The molecule has 2 aliphatic rings. The molecule has 2 N–H and O–H groups in total. The van der Waals surface area contributed by atoms with Crippen molar-refractivity contribution in [2.24, 2.45) is 11.7 Å². The number of likely N-dealkylation sites (tertiary alicyclic amines) is 1. The van der Waals surface area contributed by atoms with Gasteiger partial charge in [0.15, 0.2) is 0 Å². The van der Waals surface area contributed by atoms with Crippen LogP contribution in [0.15, 0.2) is 18.2 Å². The van der Waals surface area contributed by atoms with Crippen molar-refractivity contribution in [1.82, 2.24) is 4.90 Å². The molecule has 1 saturated heterocycles. The minimum Gasteiger partial charge on any atom is -0.336 e. The number of carbonyl (C=O) groups is 1. The van der Waals surface area contributed by atoms with Gasteiger partial charge >= 0.3 is 0 Å². The van der Waals surface area contributed by atoms with Gasteiger partial charge in [0.25, 0.3) is 0 Å². The van der Waals surface area contributed by atoms with Crippen LogP contribution < -0.4 is 5.73 Å². The molecule has 3 nitrogen and oxygen atoms in total. The van der Waals surface area contributed by atoms with Crippen molar-refractivity contribution in [3.8, 4) is 0 Å². The number of halogens is 2. The molecular formula is C18H24Cl2N2O. The van der Waals surface area contributed by atoms with Gasteiger partial charge in [-0.3, -0.25) is 4.79 Å². The molecule has 0 spiro atoms. The number of nitrogens with zero attached hydrogens (tertiary/aromatic N) is 1. The van der Waals surface area contributed by atoms with Gasteiger partial charge in [-0.1, -0.05) is 42.1 Å². The first-order valence-corrected chi connectivity index (χ1v) is 9.32. The normalized spacial score (nSPS) is 28.1. The lowest BCUT2D eigenvalue weighted by atomic mass is 9.82. The van der Waals surface area contributed by atoms with E-state index in [0.29, 0.717) is 22.4 Å². The summed E-state index contributed by atoms with van der Waals surface area (Å²) in [6.45, 7) is 0.825. The molecule has 1 aromatic rings. The van der Waals surface area contributed by atoms with E-state index in [2.05, 4.69) is 0 Å². The van der Waals surface area contributed by atoms with E-state index in [1.54, 1.807) is 0 Å². The number of rotatable bonds is 3. The predicted molar refractivity (Wildman–Crippen MR) is 94.7 cm³/mol. The SMILES string of the molecule is NC1CCCCC1CC(=O)N1CCCC1c1ccc(Cl)c(Cl)c1. The van der Waals surface area contributed by atoms with Crippen molar-refractivity contribution < 1.29 is 4.79 Å². The van der Waals surface area contributed by atoms with E-state index in [1.807, 2.05) is 23.1 Å². The molecule has 2 fully saturated rings. The van der Waals surface area contributed by atoms with Gasteiger partial charge in [-0.05, 0) is 49.3 Å². The van der Waals surface area contributed by atoms with E-state index in [-0.39, 0.29) is 18.0 Å². The Kier molecular flexibility index (Phi) is 5.50. The van der Waals surface area contributed by atoms with Crippen LogP contribution in [0.25, 0.3) is 0 Å².